The van der Waals surface area contributed by atoms with Crippen molar-refractivity contribution in [3.05, 3.63) is 116 Å². The van der Waals surface area contributed by atoms with Crippen molar-refractivity contribution in [3.8, 4) is 11.6 Å². The van der Waals surface area contributed by atoms with Crippen molar-refractivity contribution < 1.29 is 19.5 Å². The van der Waals surface area contributed by atoms with Crippen LogP contribution in [0.3, 0.4) is 0 Å². The van der Waals surface area contributed by atoms with Crippen LogP contribution in [0.25, 0.3) is 11.8 Å². The molecule has 2 N–H and O–H groups in total. The lowest BCUT2D eigenvalue weighted by atomic mass is 10.1. The van der Waals surface area contributed by atoms with E-state index in [1.54, 1.807) is 67.6 Å². The molecule has 4 amide bonds. The number of allylic oxidation sites excluding steroid dienone is 4. The molecule has 1 aliphatic rings. The predicted octanol–water partition coefficient (Wildman–Crippen LogP) is 2.16. The van der Waals surface area contributed by atoms with Crippen LogP contribution in [0.15, 0.2) is 99.6 Å². The largest absolute Gasteiger partial charge is 0.859 e. The highest BCUT2D eigenvalue weighted by atomic mass is 16.3. The normalized spacial score (nSPS) is 15.5. The fourth-order valence-corrected chi connectivity index (χ4v) is 3.65. The molecule has 0 bridgehead atoms. The van der Waals surface area contributed by atoms with Gasteiger partial charge in [-0.15, -0.1) is 0 Å². The first kappa shape index (κ1) is 24.9. The minimum atomic E-state index is -0.853. The molecular formula is C27H21N4O6-. The first-order valence-corrected chi connectivity index (χ1v) is 11.3. The number of para-hydroxylation sites is 2. The maximum absolute atomic E-state index is 12.9. The van der Waals surface area contributed by atoms with Gasteiger partial charge in [0.2, 0.25) is 0 Å². The van der Waals surface area contributed by atoms with Crippen LogP contribution in [0, 0.1) is 0 Å². The minimum absolute atomic E-state index is 0.261. The Hall–Kier alpha value is -5.25. The zero-order valence-electron chi connectivity index (χ0n) is 19.6. The monoisotopic (exact) mass is 497 g/mol. The second kappa shape index (κ2) is 10.6. The summed E-state index contributed by atoms with van der Waals surface area (Å²) in [6.07, 6.45) is 5.93. The van der Waals surface area contributed by atoms with E-state index in [9.17, 15) is 29.1 Å². The quantitative estimate of drug-likeness (QED) is 0.303. The topological polar surface area (TPSA) is 144 Å². The summed E-state index contributed by atoms with van der Waals surface area (Å²) in [6.45, 7) is 1.80. The van der Waals surface area contributed by atoms with Crippen molar-refractivity contribution in [1.29, 1.82) is 0 Å². The lowest BCUT2D eigenvalue weighted by Gasteiger charge is -2.26. The first-order chi connectivity index (χ1) is 17.8. The van der Waals surface area contributed by atoms with Gasteiger partial charge in [-0.2, -0.15) is 0 Å². The van der Waals surface area contributed by atoms with Crippen molar-refractivity contribution in [2.75, 3.05) is 4.90 Å². The van der Waals surface area contributed by atoms with E-state index in [1.807, 2.05) is 0 Å². The number of H-pyrrole nitrogens is 1. The molecule has 1 aliphatic heterocycles. The zero-order chi connectivity index (χ0) is 26.5. The number of urea groups is 1. The lowest BCUT2D eigenvalue weighted by Crippen LogP contribution is -2.54. The standard InChI is InChI=1S/C27H22N4O6/c1-2-17(13-15-20-22(32)28-26(36)30(24(20)34)18-9-5-3-6-10-18)14-16-21-23(33)29-27(37)31(25(21)35)19-11-7-4-8-12-19/h3-16,34H,2H2,1H3,(H,28,32,36)(H,29,33,37)/p-1. The van der Waals surface area contributed by atoms with Crippen LogP contribution in [0.2, 0.25) is 0 Å². The number of carbonyl (C=O) groups is 3. The molecule has 0 saturated carbocycles. The molecule has 10 heteroatoms. The van der Waals surface area contributed by atoms with E-state index in [4.69, 9.17) is 0 Å². The third kappa shape index (κ3) is 5.08. The van der Waals surface area contributed by atoms with Crippen molar-refractivity contribution in [3.63, 3.8) is 0 Å². The maximum Gasteiger partial charge on any atom is 0.335 e. The average Bonchev–Trinajstić information content (AvgIpc) is 2.88. The molecule has 3 aromatic rings. The van der Waals surface area contributed by atoms with Crippen molar-refractivity contribution >= 4 is 29.6 Å². The minimum Gasteiger partial charge on any atom is -0.859 e. The number of barbiturate groups is 1. The van der Waals surface area contributed by atoms with Crippen molar-refractivity contribution in [2.24, 2.45) is 0 Å². The summed E-state index contributed by atoms with van der Waals surface area (Å²) in [6, 6.07) is 15.5. The number of aromatic nitrogens is 2. The molecule has 0 aliphatic carbocycles. The molecule has 37 heavy (non-hydrogen) atoms. The number of anilines is 1. The van der Waals surface area contributed by atoms with Gasteiger partial charge in [0.15, 0.2) is 0 Å². The van der Waals surface area contributed by atoms with Crippen LogP contribution in [0.5, 0.6) is 5.88 Å². The fourth-order valence-electron chi connectivity index (χ4n) is 3.65. The van der Waals surface area contributed by atoms with Crippen LogP contribution >= 0.6 is 0 Å². The van der Waals surface area contributed by atoms with E-state index >= 15 is 0 Å². The van der Waals surface area contributed by atoms with E-state index in [0.29, 0.717) is 23.4 Å². The summed E-state index contributed by atoms with van der Waals surface area (Å²) in [5.74, 6) is -2.42. The van der Waals surface area contributed by atoms with Gasteiger partial charge in [-0.1, -0.05) is 55.5 Å². The molecule has 0 unspecified atom stereocenters. The molecule has 4 rings (SSSR count). The number of rotatable bonds is 6. The van der Waals surface area contributed by atoms with E-state index in [1.165, 1.54) is 24.3 Å². The van der Waals surface area contributed by atoms with Crippen molar-refractivity contribution in [1.82, 2.24) is 14.9 Å². The number of hydrogen-bond acceptors (Lipinski definition) is 6. The number of hydrogen-bond donors (Lipinski definition) is 2. The highest BCUT2D eigenvalue weighted by molar-refractivity contribution is 6.37. The smallest absolute Gasteiger partial charge is 0.335 e. The number of aromatic amines is 1. The third-order valence-corrected chi connectivity index (χ3v) is 5.57. The molecule has 10 nitrogen and oxygen atoms in total. The number of amides is 4. The van der Waals surface area contributed by atoms with Crippen LogP contribution < -0.4 is 26.6 Å². The second-order valence-electron chi connectivity index (χ2n) is 7.89. The number of nitrogens with zero attached hydrogens (tertiary/aromatic N) is 2. The van der Waals surface area contributed by atoms with Gasteiger partial charge in [-0.3, -0.25) is 29.3 Å². The van der Waals surface area contributed by atoms with Crippen LogP contribution in [0.1, 0.15) is 18.9 Å². The summed E-state index contributed by atoms with van der Waals surface area (Å²) in [7, 11) is 0. The van der Waals surface area contributed by atoms with Gasteiger partial charge in [0.1, 0.15) is 5.57 Å². The van der Waals surface area contributed by atoms with Gasteiger partial charge < -0.3 is 5.11 Å². The third-order valence-electron chi connectivity index (χ3n) is 5.57. The predicted molar refractivity (Wildman–Crippen MR) is 135 cm³/mol. The Morgan fingerprint density at radius 2 is 1.54 bits per heavy atom. The molecule has 2 aromatic carbocycles. The SMILES string of the molecule is CCC(C=Cc1c([O-])n(-c2ccccc2)c(=O)[nH]c1=O)=CC=C1C(=O)NC(=O)N(c2ccccc2)C1=O. The number of nitrogens with one attached hydrogen (secondary N) is 2. The summed E-state index contributed by atoms with van der Waals surface area (Å²) < 4.78 is 0.860. The molecular weight excluding hydrogens is 476 g/mol. The average molecular weight is 497 g/mol. The van der Waals surface area contributed by atoms with Gasteiger partial charge in [0.05, 0.1) is 5.69 Å². The molecule has 186 valence electrons. The van der Waals surface area contributed by atoms with Crippen LogP contribution in [0.4, 0.5) is 10.5 Å². The molecule has 2 heterocycles. The highest BCUT2D eigenvalue weighted by Gasteiger charge is 2.36. The number of carbonyl (C=O) groups excluding carboxylic acids is 3. The molecule has 1 saturated heterocycles. The lowest BCUT2D eigenvalue weighted by molar-refractivity contribution is -0.278. The molecule has 1 fully saturated rings. The Kier molecular flexibility index (Phi) is 7.10. The Morgan fingerprint density at radius 1 is 0.919 bits per heavy atom. The van der Waals surface area contributed by atoms with Crippen LogP contribution in [-0.2, 0) is 9.59 Å². The van der Waals surface area contributed by atoms with E-state index in [2.05, 4.69) is 10.3 Å². The van der Waals surface area contributed by atoms with Crippen LogP contribution in [-0.4, -0.2) is 27.4 Å². The van der Waals surface area contributed by atoms with E-state index in [0.717, 1.165) is 9.47 Å². The summed E-state index contributed by atoms with van der Waals surface area (Å²) in [5.41, 5.74) is -1.05. The highest BCUT2D eigenvalue weighted by Crippen LogP contribution is 2.21. The van der Waals surface area contributed by atoms with E-state index in [-0.39, 0.29) is 11.1 Å². The van der Waals surface area contributed by atoms with E-state index < -0.39 is 35.0 Å². The van der Waals surface area contributed by atoms with Gasteiger partial charge >= 0.3 is 11.7 Å². The summed E-state index contributed by atoms with van der Waals surface area (Å²) in [5, 5.41) is 15.1. The first-order valence-electron chi connectivity index (χ1n) is 11.3. The van der Waals surface area contributed by atoms with Gasteiger partial charge in [0.25, 0.3) is 17.4 Å². The van der Waals surface area contributed by atoms with Gasteiger partial charge in [0, 0.05) is 11.3 Å². The summed E-state index contributed by atoms with van der Waals surface area (Å²) >= 11 is 0. The Bertz CT molecular complexity index is 1580. The fraction of sp³-hybridized carbons (Fsp3) is 0.0741. The van der Waals surface area contributed by atoms with Crippen molar-refractivity contribution in [2.45, 2.75) is 13.3 Å². The van der Waals surface area contributed by atoms with Gasteiger partial charge in [-0.25, -0.2) is 14.5 Å². The number of benzene rings is 2. The number of imide groups is 2. The maximum atomic E-state index is 12.9. The van der Waals surface area contributed by atoms with Gasteiger partial charge in [-0.05, 0) is 54.3 Å². The molecule has 0 spiro atoms. The Balaban J connectivity index is 1.67. The molecule has 0 radical (unpaired) electrons. The Morgan fingerprint density at radius 3 is 2.16 bits per heavy atom. The zero-order valence-corrected chi connectivity index (χ0v) is 19.6. The molecule has 0 atom stereocenters. The second-order valence-corrected chi connectivity index (χ2v) is 7.89. The molecule has 1 aromatic heterocycles. The summed E-state index contributed by atoms with van der Waals surface area (Å²) in [4.78, 5) is 65.2. The Labute approximate surface area is 210 Å².